The highest BCUT2D eigenvalue weighted by Crippen LogP contribution is 2.50. The van der Waals surface area contributed by atoms with Crippen molar-refractivity contribution in [2.75, 3.05) is 19.8 Å². The second-order valence-electron chi connectivity index (χ2n) is 7.26. The van der Waals surface area contributed by atoms with Crippen molar-refractivity contribution in [3.8, 4) is 12.1 Å². The van der Waals surface area contributed by atoms with E-state index in [4.69, 9.17) is 14.2 Å². The summed E-state index contributed by atoms with van der Waals surface area (Å²) in [4.78, 5) is 0. The van der Waals surface area contributed by atoms with Crippen LogP contribution < -0.4 is 0 Å². The summed E-state index contributed by atoms with van der Waals surface area (Å²) in [5.41, 5.74) is -2.41. The number of hydrogen-bond acceptors (Lipinski definition) is 13. The van der Waals surface area contributed by atoms with Gasteiger partial charge in [0.25, 0.3) is 0 Å². The van der Waals surface area contributed by atoms with E-state index in [-0.39, 0.29) is 6.42 Å². The fourth-order valence-corrected chi connectivity index (χ4v) is 3.76. The van der Waals surface area contributed by atoms with Crippen LogP contribution in [0.1, 0.15) is 13.3 Å². The summed E-state index contributed by atoms with van der Waals surface area (Å²) in [5, 5.41) is 100.0. The number of hydrogen-bond donors (Lipinski definition) is 8. The summed E-state index contributed by atoms with van der Waals surface area (Å²) >= 11 is 0. The van der Waals surface area contributed by atoms with E-state index in [1.54, 1.807) is 12.1 Å². The second kappa shape index (κ2) is 8.96. The molecule has 30 heavy (non-hydrogen) atoms. The Kier molecular flexibility index (Phi) is 7.41. The Hall–Kier alpha value is -1.46. The second-order valence-corrected chi connectivity index (χ2v) is 7.26. The number of aliphatic hydroxyl groups excluding tert-OH is 8. The fourth-order valence-electron chi connectivity index (χ4n) is 3.76. The Bertz CT molecular complexity index is 680. The molecule has 0 amide bonds. The van der Waals surface area contributed by atoms with Crippen molar-refractivity contribution >= 4 is 0 Å². The third kappa shape index (κ3) is 3.38. The molecule has 2 saturated heterocycles. The lowest BCUT2D eigenvalue weighted by molar-refractivity contribution is -0.451. The third-order valence-electron chi connectivity index (χ3n) is 5.69. The predicted molar refractivity (Wildman–Crippen MR) is 91.5 cm³/mol. The Labute approximate surface area is 171 Å². The minimum atomic E-state index is -2.87. The molecule has 0 aliphatic carbocycles. The van der Waals surface area contributed by atoms with Crippen LogP contribution in [0, 0.1) is 28.1 Å². The first-order valence-electron chi connectivity index (χ1n) is 9.20. The van der Waals surface area contributed by atoms with Gasteiger partial charge in [-0.2, -0.15) is 10.5 Å². The van der Waals surface area contributed by atoms with Crippen molar-refractivity contribution in [2.24, 2.45) is 5.41 Å². The Morgan fingerprint density at radius 1 is 0.867 bits per heavy atom. The molecule has 9 atom stereocenters. The average molecular weight is 434 g/mol. The fraction of sp³-hybridized carbons (Fsp3) is 0.882. The van der Waals surface area contributed by atoms with Gasteiger partial charge in [-0.3, -0.25) is 0 Å². The minimum Gasteiger partial charge on any atom is -0.394 e. The summed E-state index contributed by atoms with van der Waals surface area (Å²) < 4.78 is 16.3. The molecular weight excluding hydrogens is 408 g/mol. The standard InChI is InChI=1S/C17H26N2O11/c1-2-15(5-18,6-19)17(14(27)12(25)10(23)8(3-20)29-17)30-16(7-22)13(26)11(24)9(4-21)28-16/h8-14,20-27H,2-4,7H2,1H3/t8-,9-,10-,11-,12+,13+,14-,16?,17-/m1/s1. The quantitative estimate of drug-likeness (QED) is 0.188. The van der Waals surface area contributed by atoms with Gasteiger partial charge >= 0.3 is 0 Å². The maximum absolute atomic E-state index is 10.8. The van der Waals surface area contributed by atoms with Crippen molar-refractivity contribution in [1.29, 1.82) is 10.5 Å². The van der Waals surface area contributed by atoms with Gasteiger partial charge in [0.05, 0.1) is 25.4 Å². The molecule has 13 nitrogen and oxygen atoms in total. The highest BCUT2D eigenvalue weighted by molar-refractivity contribution is 5.25. The molecule has 8 N–H and O–H groups in total. The maximum atomic E-state index is 10.8. The van der Waals surface area contributed by atoms with E-state index < -0.39 is 79.5 Å². The normalized spacial score (nSPS) is 44.4. The lowest BCUT2D eigenvalue weighted by Gasteiger charge is -2.54. The molecule has 1 unspecified atom stereocenters. The van der Waals surface area contributed by atoms with Crippen LogP contribution in [0.4, 0.5) is 0 Å². The summed E-state index contributed by atoms with van der Waals surface area (Å²) in [5.74, 6) is -5.48. The zero-order valence-electron chi connectivity index (χ0n) is 16.1. The van der Waals surface area contributed by atoms with Crippen molar-refractivity contribution in [3.63, 3.8) is 0 Å². The van der Waals surface area contributed by atoms with Crippen LogP contribution in [0.15, 0.2) is 0 Å². The molecule has 0 aromatic carbocycles. The Morgan fingerprint density at radius 2 is 1.40 bits per heavy atom. The van der Waals surface area contributed by atoms with E-state index in [2.05, 4.69) is 0 Å². The molecule has 170 valence electrons. The van der Waals surface area contributed by atoms with Crippen LogP contribution in [-0.2, 0) is 14.2 Å². The molecular formula is C17H26N2O11. The van der Waals surface area contributed by atoms with Crippen molar-refractivity contribution in [2.45, 2.75) is 67.6 Å². The first-order valence-corrected chi connectivity index (χ1v) is 9.20. The maximum Gasteiger partial charge on any atom is 0.233 e. The minimum absolute atomic E-state index is 0.373. The Morgan fingerprint density at radius 3 is 1.80 bits per heavy atom. The lowest BCUT2D eigenvalue weighted by Crippen LogP contribution is -2.74. The highest BCUT2D eigenvalue weighted by atomic mass is 16.8. The SMILES string of the molecule is CCC(C#N)(C#N)[C@@]1(OC2(CO)O[C@H](CO)[C@@H](O)[C@@H]2O)O[C@H](CO)[C@@H](O)[C@H](O)[C@H]1O. The molecule has 2 rings (SSSR count). The topological polar surface area (TPSA) is 237 Å². The first kappa shape index (κ1) is 24.8. The number of nitriles is 2. The van der Waals surface area contributed by atoms with Gasteiger partial charge in [0.1, 0.15) is 49.3 Å². The summed E-state index contributed by atoms with van der Waals surface area (Å²) in [6, 6.07) is 3.25. The third-order valence-corrected chi connectivity index (χ3v) is 5.69. The van der Waals surface area contributed by atoms with Gasteiger partial charge < -0.3 is 55.1 Å². The molecule has 0 radical (unpaired) electrons. The largest absolute Gasteiger partial charge is 0.394 e. The van der Waals surface area contributed by atoms with E-state index >= 15 is 0 Å². The van der Waals surface area contributed by atoms with Crippen molar-refractivity contribution in [3.05, 3.63) is 0 Å². The summed E-state index contributed by atoms with van der Waals surface area (Å²) in [6.45, 7) is -1.58. The van der Waals surface area contributed by atoms with Crippen LogP contribution >= 0.6 is 0 Å². The van der Waals surface area contributed by atoms with Crippen molar-refractivity contribution < 1.29 is 55.1 Å². The number of ether oxygens (including phenoxy) is 3. The van der Waals surface area contributed by atoms with Gasteiger partial charge in [0.2, 0.25) is 11.6 Å². The first-order chi connectivity index (χ1) is 14.1. The summed E-state index contributed by atoms with van der Waals surface area (Å²) in [7, 11) is 0. The van der Waals surface area contributed by atoms with Crippen LogP contribution in [0.3, 0.4) is 0 Å². The van der Waals surface area contributed by atoms with Gasteiger partial charge in [0.15, 0.2) is 5.41 Å². The molecule has 13 heteroatoms. The smallest absolute Gasteiger partial charge is 0.233 e. The zero-order valence-corrected chi connectivity index (χ0v) is 16.1. The zero-order chi connectivity index (χ0) is 22.9. The molecule has 0 aromatic rings. The molecule has 0 bridgehead atoms. The number of rotatable bonds is 7. The molecule has 2 aliphatic rings. The number of aliphatic hydroxyl groups is 8. The predicted octanol–water partition coefficient (Wildman–Crippen LogP) is -4.58. The highest BCUT2D eigenvalue weighted by Gasteiger charge is 2.70. The van der Waals surface area contributed by atoms with Gasteiger partial charge in [-0.15, -0.1) is 0 Å². The number of nitrogens with zero attached hydrogens (tertiary/aromatic N) is 2. The van der Waals surface area contributed by atoms with Crippen LogP contribution in [0.2, 0.25) is 0 Å². The van der Waals surface area contributed by atoms with Gasteiger partial charge in [0, 0.05) is 0 Å². The van der Waals surface area contributed by atoms with Crippen LogP contribution in [0.25, 0.3) is 0 Å². The van der Waals surface area contributed by atoms with E-state index in [0.717, 1.165) is 0 Å². The molecule has 0 aromatic heterocycles. The average Bonchev–Trinajstić information content (AvgIpc) is 3.01. The van der Waals surface area contributed by atoms with E-state index in [9.17, 15) is 51.4 Å². The van der Waals surface area contributed by atoms with E-state index in [0.29, 0.717) is 0 Å². The van der Waals surface area contributed by atoms with Crippen LogP contribution in [0.5, 0.6) is 0 Å². The van der Waals surface area contributed by atoms with Crippen LogP contribution in [-0.4, -0.2) is 115 Å². The molecule has 0 saturated carbocycles. The summed E-state index contributed by atoms with van der Waals surface area (Å²) in [6.07, 6.45) is -13.5. The van der Waals surface area contributed by atoms with Gasteiger partial charge in [-0.1, -0.05) is 6.92 Å². The lowest BCUT2D eigenvalue weighted by atomic mass is 9.72. The van der Waals surface area contributed by atoms with E-state index in [1.165, 1.54) is 6.92 Å². The van der Waals surface area contributed by atoms with Crippen molar-refractivity contribution in [1.82, 2.24) is 0 Å². The van der Waals surface area contributed by atoms with Gasteiger partial charge in [-0.25, -0.2) is 0 Å². The molecule has 2 fully saturated rings. The molecule has 0 spiro atoms. The Balaban J connectivity index is 2.69. The molecule has 2 heterocycles. The molecule has 2 aliphatic heterocycles. The van der Waals surface area contributed by atoms with E-state index in [1.807, 2.05) is 0 Å². The van der Waals surface area contributed by atoms with Gasteiger partial charge in [-0.05, 0) is 6.42 Å². The monoisotopic (exact) mass is 434 g/mol.